The van der Waals surface area contributed by atoms with E-state index in [4.69, 9.17) is 5.73 Å². The number of rotatable bonds is 6. The fourth-order valence-corrected chi connectivity index (χ4v) is 4.43. The molecule has 1 aliphatic carbocycles. The van der Waals surface area contributed by atoms with Crippen LogP contribution in [0.3, 0.4) is 0 Å². The van der Waals surface area contributed by atoms with E-state index in [1.54, 1.807) is 0 Å². The molecule has 5 heteroatoms. The van der Waals surface area contributed by atoms with Crippen molar-refractivity contribution in [2.75, 3.05) is 18.0 Å². The van der Waals surface area contributed by atoms with E-state index in [9.17, 15) is 9.59 Å². The lowest BCUT2D eigenvalue weighted by Crippen LogP contribution is -2.47. The Labute approximate surface area is 156 Å². The van der Waals surface area contributed by atoms with Crippen LogP contribution in [0.25, 0.3) is 0 Å². The number of para-hydroxylation sites is 1. The summed E-state index contributed by atoms with van der Waals surface area (Å²) in [5.41, 5.74) is 7.76. The van der Waals surface area contributed by atoms with Crippen LogP contribution in [0.1, 0.15) is 51.0 Å². The highest BCUT2D eigenvalue weighted by Crippen LogP contribution is 2.38. The van der Waals surface area contributed by atoms with Crippen molar-refractivity contribution >= 4 is 17.5 Å². The van der Waals surface area contributed by atoms with E-state index in [1.807, 2.05) is 23.1 Å². The van der Waals surface area contributed by atoms with Gasteiger partial charge in [-0.15, -0.1) is 0 Å². The molecule has 1 aromatic rings. The number of anilines is 1. The lowest BCUT2D eigenvalue weighted by atomic mass is 9.77. The molecule has 2 aliphatic rings. The molecular formula is C21H31N3O2. The minimum atomic E-state index is -0.202. The molecule has 1 aliphatic heterocycles. The molecule has 0 bridgehead atoms. The van der Waals surface area contributed by atoms with Crippen LogP contribution in [-0.2, 0) is 16.0 Å². The second kappa shape index (κ2) is 8.67. The zero-order valence-corrected chi connectivity index (χ0v) is 15.7. The first kappa shape index (κ1) is 18.9. The monoisotopic (exact) mass is 357 g/mol. The van der Waals surface area contributed by atoms with E-state index in [-0.39, 0.29) is 29.7 Å². The van der Waals surface area contributed by atoms with Crippen molar-refractivity contribution in [2.24, 2.45) is 17.6 Å². The third kappa shape index (κ3) is 3.93. The van der Waals surface area contributed by atoms with Crippen molar-refractivity contribution in [3.05, 3.63) is 29.8 Å². The van der Waals surface area contributed by atoms with Gasteiger partial charge in [0.15, 0.2) is 0 Å². The lowest BCUT2D eigenvalue weighted by Gasteiger charge is -2.34. The highest BCUT2D eigenvalue weighted by Gasteiger charge is 2.41. The van der Waals surface area contributed by atoms with Crippen LogP contribution in [0.2, 0.25) is 0 Å². The number of nitrogens with two attached hydrogens (primary N) is 1. The summed E-state index contributed by atoms with van der Waals surface area (Å²) in [6.45, 7) is 3.39. The predicted octanol–water partition coefficient (Wildman–Crippen LogP) is 2.63. The number of carbonyl (C=O) groups is 2. The maximum atomic E-state index is 13.4. The molecule has 0 radical (unpaired) electrons. The molecule has 0 spiro atoms. The summed E-state index contributed by atoms with van der Waals surface area (Å²) >= 11 is 0. The van der Waals surface area contributed by atoms with Crippen molar-refractivity contribution in [1.82, 2.24) is 5.32 Å². The van der Waals surface area contributed by atoms with Gasteiger partial charge in [0.05, 0.1) is 5.92 Å². The minimum Gasteiger partial charge on any atom is -0.356 e. The van der Waals surface area contributed by atoms with Crippen molar-refractivity contribution in [1.29, 1.82) is 0 Å². The number of nitrogens with zero attached hydrogens (tertiary/aromatic N) is 1. The van der Waals surface area contributed by atoms with Gasteiger partial charge in [-0.1, -0.05) is 31.0 Å². The number of hydrogen-bond acceptors (Lipinski definition) is 3. The summed E-state index contributed by atoms with van der Waals surface area (Å²) in [6, 6.07) is 8.30. The lowest BCUT2D eigenvalue weighted by molar-refractivity contribution is -0.135. The fourth-order valence-electron chi connectivity index (χ4n) is 4.43. The topological polar surface area (TPSA) is 75.4 Å². The Hall–Kier alpha value is -1.88. The molecule has 1 heterocycles. The normalized spacial score (nSPS) is 25.0. The van der Waals surface area contributed by atoms with E-state index in [1.165, 1.54) is 5.56 Å². The average Bonchev–Trinajstić information content (AvgIpc) is 3.00. The SMILES string of the molecule is CC1Cc2ccccc2N1C(=O)C1CCCCC1C(=O)NCCCCN. The zero-order valence-electron chi connectivity index (χ0n) is 15.7. The minimum absolute atomic E-state index is 0.0419. The van der Waals surface area contributed by atoms with E-state index in [0.29, 0.717) is 13.1 Å². The van der Waals surface area contributed by atoms with Crippen LogP contribution in [0.5, 0.6) is 0 Å². The Morgan fingerprint density at radius 1 is 1.15 bits per heavy atom. The largest absolute Gasteiger partial charge is 0.356 e. The summed E-state index contributed by atoms with van der Waals surface area (Å²) in [5, 5.41) is 3.03. The van der Waals surface area contributed by atoms with Crippen molar-refractivity contribution < 1.29 is 9.59 Å². The first-order chi connectivity index (χ1) is 12.6. The second-order valence-corrected chi connectivity index (χ2v) is 7.67. The summed E-state index contributed by atoms with van der Waals surface area (Å²) in [4.78, 5) is 28.0. The molecular weight excluding hydrogens is 326 g/mol. The van der Waals surface area contributed by atoms with Crippen LogP contribution < -0.4 is 16.0 Å². The van der Waals surface area contributed by atoms with Gasteiger partial charge >= 0.3 is 0 Å². The number of amides is 2. The third-order valence-corrected chi connectivity index (χ3v) is 5.79. The summed E-state index contributed by atoms with van der Waals surface area (Å²) in [5.74, 6) is -0.231. The molecule has 1 fully saturated rings. The molecule has 142 valence electrons. The first-order valence-electron chi connectivity index (χ1n) is 10.0. The molecule has 3 rings (SSSR count). The van der Waals surface area contributed by atoms with Gasteiger partial charge in [-0.25, -0.2) is 0 Å². The maximum Gasteiger partial charge on any atom is 0.231 e. The maximum absolute atomic E-state index is 13.4. The van der Waals surface area contributed by atoms with Crippen LogP contribution >= 0.6 is 0 Å². The molecule has 3 atom stereocenters. The molecule has 0 aromatic heterocycles. The van der Waals surface area contributed by atoms with Gasteiger partial charge in [0, 0.05) is 24.2 Å². The number of benzene rings is 1. The van der Waals surface area contributed by atoms with Gasteiger partial charge in [0.25, 0.3) is 0 Å². The number of hydrogen-bond donors (Lipinski definition) is 2. The van der Waals surface area contributed by atoms with Gasteiger partial charge in [-0.05, 0) is 57.2 Å². The number of unbranched alkanes of at least 4 members (excludes halogenated alkanes) is 1. The van der Waals surface area contributed by atoms with Gasteiger partial charge in [0.2, 0.25) is 11.8 Å². The Kier molecular flexibility index (Phi) is 6.30. The van der Waals surface area contributed by atoms with Crippen molar-refractivity contribution in [3.8, 4) is 0 Å². The van der Waals surface area contributed by atoms with Gasteiger partial charge in [0.1, 0.15) is 0 Å². The Bertz CT molecular complexity index is 646. The quantitative estimate of drug-likeness (QED) is 0.769. The van der Waals surface area contributed by atoms with Crippen LogP contribution in [0, 0.1) is 11.8 Å². The number of nitrogens with one attached hydrogen (secondary N) is 1. The summed E-state index contributed by atoms with van der Waals surface area (Å²) in [6.07, 6.45) is 6.37. The fraction of sp³-hybridized carbons (Fsp3) is 0.619. The standard InChI is InChI=1S/C21H31N3O2/c1-15-14-16-8-2-5-11-19(16)24(15)21(26)18-10-4-3-9-17(18)20(25)23-13-7-6-12-22/h2,5,8,11,15,17-18H,3-4,6-7,9-10,12-14,22H2,1H3,(H,23,25). The second-order valence-electron chi connectivity index (χ2n) is 7.67. The van der Waals surface area contributed by atoms with Gasteiger partial charge in [-0.2, -0.15) is 0 Å². The van der Waals surface area contributed by atoms with Crippen LogP contribution in [0.4, 0.5) is 5.69 Å². The highest BCUT2D eigenvalue weighted by molar-refractivity contribution is 6.00. The molecule has 2 amide bonds. The van der Waals surface area contributed by atoms with E-state index in [2.05, 4.69) is 18.3 Å². The van der Waals surface area contributed by atoms with E-state index >= 15 is 0 Å². The molecule has 0 saturated heterocycles. The molecule has 3 N–H and O–H groups in total. The Morgan fingerprint density at radius 2 is 1.88 bits per heavy atom. The van der Waals surface area contributed by atoms with Crippen molar-refractivity contribution in [2.45, 2.75) is 57.9 Å². The predicted molar refractivity (Wildman–Crippen MR) is 104 cm³/mol. The molecule has 3 unspecified atom stereocenters. The van der Waals surface area contributed by atoms with Gasteiger partial charge < -0.3 is 16.0 Å². The highest BCUT2D eigenvalue weighted by atomic mass is 16.2. The van der Waals surface area contributed by atoms with Crippen LogP contribution in [-0.4, -0.2) is 30.9 Å². The Morgan fingerprint density at radius 3 is 2.65 bits per heavy atom. The Balaban J connectivity index is 1.71. The smallest absolute Gasteiger partial charge is 0.231 e. The third-order valence-electron chi connectivity index (χ3n) is 5.79. The first-order valence-corrected chi connectivity index (χ1v) is 10.0. The average molecular weight is 357 g/mol. The van der Waals surface area contributed by atoms with E-state index < -0.39 is 0 Å². The number of fused-ring (bicyclic) bond motifs is 1. The summed E-state index contributed by atoms with van der Waals surface area (Å²) in [7, 11) is 0. The molecule has 1 saturated carbocycles. The molecule has 26 heavy (non-hydrogen) atoms. The van der Waals surface area contributed by atoms with Crippen molar-refractivity contribution in [3.63, 3.8) is 0 Å². The number of carbonyl (C=O) groups excluding carboxylic acids is 2. The summed E-state index contributed by atoms with van der Waals surface area (Å²) < 4.78 is 0. The van der Waals surface area contributed by atoms with E-state index in [0.717, 1.165) is 50.6 Å². The van der Waals surface area contributed by atoms with Crippen LogP contribution in [0.15, 0.2) is 24.3 Å². The zero-order chi connectivity index (χ0) is 18.5. The molecule has 1 aromatic carbocycles. The molecule has 5 nitrogen and oxygen atoms in total. The van der Waals surface area contributed by atoms with Gasteiger partial charge in [-0.3, -0.25) is 9.59 Å².